The highest BCUT2D eigenvalue weighted by atomic mass is 32.2. The van der Waals surface area contributed by atoms with Crippen LogP contribution in [0.3, 0.4) is 0 Å². The number of sulfonamides is 1. The summed E-state index contributed by atoms with van der Waals surface area (Å²) in [6, 6.07) is 4.31. The van der Waals surface area contributed by atoms with Gasteiger partial charge >= 0.3 is 5.69 Å². The molecular formula is C17H19N3O4S. The number of nitrogens with one attached hydrogen (secondary N) is 2. The van der Waals surface area contributed by atoms with Crippen LogP contribution in [-0.4, -0.2) is 23.5 Å². The van der Waals surface area contributed by atoms with E-state index in [0.717, 1.165) is 12.8 Å². The minimum Gasteiger partial charge on any atom is -0.293 e. The van der Waals surface area contributed by atoms with Gasteiger partial charge in [0.1, 0.15) is 0 Å². The van der Waals surface area contributed by atoms with Crippen LogP contribution in [0.2, 0.25) is 0 Å². The number of rotatable bonds is 6. The Kier molecular flexibility index (Phi) is 3.52. The second kappa shape index (κ2) is 5.40. The van der Waals surface area contributed by atoms with Gasteiger partial charge in [0.2, 0.25) is 10.0 Å². The van der Waals surface area contributed by atoms with Gasteiger partial charge in [-0.05, 0) is 49.8 Å². The van der Waals surface area contributed by atoms with E-state index < -0.39 is 26.8 Å². The van der Waals surface area contributed by atoms with Gasteiger partial charge in [-0.1, -0.05) is 6.08 Å². The monoisotopic (exact) mass is 361 g/mol. The lowest BCUT2D eigenvalue weighted by Crippen LogP contribution is -2.35. The van der Waals surface area contributed by atoms with Crippen molar-refractivity contribution in [3.8, 4) is 0 Å². The van der Waals surface area contributed by atoms with E-state index in [1.54, 1.807) is 6.08 Å². The van der Waals surface area contributed by atoms with Gasteiger partial charge in [-0.15, -0.1) is 6.58 Å². The topological polar surface area (TPSA) is 101 Å². The Morgan fingerprint density at radius 3 is 2.64 bits per heavy atom. The summed E-state index contributed by atoms with van der Waals surface area (Å²) in [5, 5.41) is 0.201. The standard InChI is InChI=1S/C17H19N3O4S/c1-2-17(7-8-17)19-25(23,24)12-5-6-14-13(9-12)15(21)18-16(22)20(14)10-11-3-4-11/h2,5-6,9,11,19H,1,3-4,7-8,10H2,(H,18,21,22). The molecule has 1 aromatic heterocycles. The molecule has 0 aliphatic heterocycles. The van der Waals surface area contributed by atoms with Crippen LogP contribution < -0.4 is 16.0 Å². The van der Waals surface area contributed by atoms with Crippen molar-refractivity contribution in [1.82, 2.24) is 14.3 Å². The summed E-state index contributed by atoms with van der Waals surface area (Å²) in [4.78, 5) is 26.6. The van der Waals surface area contributed by atoms with E-state index in [0.29, 0.717) is 30.8 Å². The van der Waals surface area contributed by atoms with Crippen molar-refractivity contribution in [3.63, 3.8) is 0 Å². The van der Waals surface area contributed by atoms with Crippen molar-refractivity contribution in [3.05, 3.63) is 51.7 Å². The molecule has 1 aromatic carbocycles. The molecule has 8 heteroatoms. The summed E-state index contributed by atoms with van der Waals surface area (Å²) < 4.78 is 29.4. The second-order valence-corrected chi connectivity index (χ2v) is 8.64. The fourth-order valence-electron chi connectivity index (χ4n) is 2.99. The molecule has 0 saturated heterocycles. The Bertz CT molecular complexity index is 1090. The van der Waals surface area contributed by atoms with Crippen LogP contribution in [0.25, 0.3) is 10.9 Å². The van der Waals surface area contributed by atoms with Crippen LogP contribution in [0.1, 0.15) is 25.7 Å². The maximum atomic E-state index is 12.6. The normalized spacial score (nSPS) is 19.0. The summed E-state index contributed by atoms with van der Waals surface area (Å²) >= 11 is 0. The third kappa shape index (κ3) is 2.96. The Morgan fingerprint density at radius 1 is 1.32 bits per heavy atom. The van der Waals surface area contributed by atoms with E-state index in [1.807, 2.05) is 0 Å². The molecule has 0 amide bonds. The second-order valence-electron chi connectivity index (χ2n) is 6.96. The first-order chi connectivity index (χ1) is 11.8. The van der Waals surface area contributed by atoms with E-state index in [-0.39, 0.29) is 10.3 Å². The molecule has 2 fully saturated rings. The average Bonchev–Trinajstić information content (AvgIpc) is 3.48. The maximum absolute atomic E-state index is 12.6. The zero-order chi connectivity index (χ0) is 17.8. The molecule has 4 rings (SSSR count). The molecule has 2 aromatic rings. The lowest BCUT2D eigenvalue weighted by Gasteiger charge is -2.14. The number of H-pyrrole nitrogens is 1. The van der Waals surface area contributed by atoms with Gasteiger partial charge < -0.3 is 0 Å². The van der Waals surface area contributed by atoms with Gasteiger partial charge in [0.15, 0.2) is 0 Å². The molecule has 7 nitrogen and oxygen atoms in total. The molecule has 0 atom stereocenters. The lowest BCUT2D eigenvalue weighted by atomic mass is 10.2. The first-order valence-electron chi connectivity index (χ1n) is 8.28. The lowest BCUT2D eigenvalue weighted by molar-refractivity contribution is 0.569. The molecule has 25 heavy (non-hydrogen) atoms. The first kappa shape index (κ1) is 16.3. The molecular weight excluding hydrogens is 342 g/mol. The van der Waals surface area contributed by atoms with E-state index in [2.05, 4.69) is 16.3 Å². The quantitative estimate of drug-likeness (QED) is 0.752. The molecule has 0 bridgehead atoms. The van der Waals surface area contributed by atoms with Crippen LogP contribution in [0.4, 0.5) is 0 Å². The van der Waals surface area contributed by atoms with E-state index in [1.165, 1.54) is 22.8 Å². The number of benzene rings is 1. The summed E-state index contributed by atoms with van der Waals surface area (Å²) in [6.07, 6.45) is 5.15. The molecule has 2 aliphatic rings. The zero-order valence-corrected chi connectivity index (χ0v) is 14.4. The number of hydrogen-bond acceptors (Lipinski definition) is 4. The average molecular weight is 361 g/mol. The van der Waals surface area contributed by atoms with Gasteiger partial charge in [-0.2, -0.15) is 0 Å². The van der Waals surface area contributed by atoms with Crippen molar-refractivity contribution in [2.24, 2.45) is 5.92 Å². The van der Waals surface area contributed by atoms with Gasteiger partial charge in [0.05, 0.1) is 21.3 Å². The highest BCUT2D eigenvalue weighted by Crippen LogP contribution is 2.38. The molecule has 2 N–H and O–H groups in total. The van der Waals surface area contributed by atoms with Gasteiger partial charge in [-0.25, -0.2) is 17.9 Å². The highest BCUT2D eigenvalue weighted by Gasteiger charge is 2.43. The summed E-state index contributed by atoms with van der Waals surface area (Å²) in [5.41, 5.74) is -1.15. The van der Waals surface area contributed by atoms with Gasteiger partial charge in [-0.3, -0.25) is 14.3 Å². The van der Waals surface area contributed by atoms with Crippen molar-refractivity contribution < 1.29 is 8.42 Å². The molecule has 0 unspecified atom stereocenters. The number of aromatic nitrogens is 2. The Hall–Kier alpha value is -2.19. The summed E-state index contributed by atoms with van der Waals surface area (Å²) in [5.74, 6) is 0.444. The Labute approximate surface area is 144 Å². The van der Waals surface area contributed by atoms with Crippen molar-refractivity contribution in [2.45, 2.75) is 42.7 Å². The van der Waals surface area contributed by atoms with Crippen LogP contribution in [0, 0.1) is 5.92 Å². The van der Waals surface area contributed by atoms with Gasteiger partial charge in [0.25, 0.3) is 5.56 Å². The minimum atomic E-state index is -3.77. The smallest absolute Gasteiger partial charge is 0.293 e. The predicted octanol–water partition coefficient (Wildman–Crippen LogP) is 1.10. The fraction of sp³-hybridized carbons (Fsp3) is 0.412. The maximum Gasteiger partial charge on any atom is 0.328 e. The van der Waals surface area contributed by atoms with Crippen LogP contribution >= 0.6 is 0 Å². The molecule has 2 aliphatic carbocycles. The largest absolute Gasteiger partial charge is 0.328 e. The highest BCUT2D eigenvalue weighted by molar-refractivity contribution is 7.89. The number of fused-ring (bicyclic) bond motifs is 1. The van der Waals surface area contributed by atoms with Crippen LogP contribution in [0.5, 0.6) is 0 Å². The Balaban J connectivity index is 1.81. The molecule has 0 spiro atoms. The zero-order valence-electron chi connectivity index (χ0n) is 13.6. The summed E-state index contributed by atoms with van der Waals surface area (Å²) in [6.45, 7) is 4.21. The SMILES string of the molecule is C=CC1(NS(=O)(=O)c2ccc3c(c2)c(=O)[nH]c(=O)n3CC2CC2)CC1. The Morgan fingerprint density at radius 2 is 2.04 bits per heavy atom. The molecule has 132 valence electrons. The predicted molar refractivity (Wildman–Crippen MR) is 94.0 cm³/mol. The third-order valence-electron chi connectivity index (χ3n) is 4.93. The number of aromatic amines is 1. The molecule has 2 saturated carbocycles. The third-order valence-corrected chi connectivity index (χ3v) is 6.48. The van der Waals surface area contributed by atoms with E-state index in [9.17, 15) is 18.0 Å². The first-order valence-corrected chi connectivity index (χ1v) is 9.76. The van der Waals surface area contributed by atoms with E-state index >= 15 is 0 Å². The van der Waals surface area contributed by atoms with Crippen LogP contribution in [-0.2, 0) is 16.6 Å². The molecule has 0 radical (unpaired) electrons. The number of nitrogens with zero attached hydrogens (tertiary/aromatic N) is 1. The summed E-state index contributed by atoms with van der Waals surface area (Å²) in [7, 11) is -3.77. The minimum absolute atomic E-state index is 0.00949. The van der Waals surface area contributed by atoms with Crippen molar-refractivity contribution in [2.75, 3.05) is 0 Å². The number of hydrogen-bond donors (Lipinski definition) is 2. The fourth-order valence-corrected chi connectivity index (χ4v) is 4.45. The van der Waals surface area contributed by atoms with Crippen molar-refractivity contribution >= 4 is 20.9 Å². The van der Waals surface area contributed by atoms with Crippen LogP contribution in [0.15, 0.2) is 45.3 Å². The van der Waals surface area contributed by atoms with E-state index in [4.69, 9.17) is 0 Å². The van der Waals surface area contributed by atoms with Crippen molar-refractivity contribution in [1.29, 1.82) is 0 Å². The van der Waals surface area contributed by atoms with Gasteiger partial charge in [0, 0.05) is 6.54 Å². The molecule has 1 heterocycles.